The first kappa shape index (κ1) is 21.1. The molecule has 1 unspecified atom stereocenters. The summed E-state index contributed by atoms with van der Waals surface area (Å²) >= 11 is 0. The number of hydrogen-bond acceptors (Lipinski definition) is 5. The van der Waals surface area contributed by atoms with Crippen molar-refractivity contribution in [2.24, 2.45) is 0 Å². The summed E-state index contributed by atoms with van der Waals surface area (Å²) < 4.78 is 26.9. The van der Waals surface area contributed by atoms with Crippen LogP contribution in [0.5, 0.6) is 0 Å². The van der Waals surface area contributed by atoms with E-state index in [0.717, 1.165) is 35.3 Å². The highest BCUT2D eigenvalue weighted by molar-refractivity contribution is 7.91. The quantitative estimate of drug-likeness (QED) is 0.648. The largest absolute Gasteiger partial charge is 0.345 e. The third-order valence-electron chi connectivity index (χ3n) is 6.32. The molecule has 5 rings (SSSR count). The van der Waals surface area contributed by atoms with Crippen molar-refractivity contribution in [2.45, 2.75) is 69.4 Å². The van der Waals surface area contributed by atoms with Crippen molar-refractivity contribution in [2.75, 3.05) is 5.75 Å². The van der Waals surface area contributed by atoms with Gasteiger partial charge in [0, 0.05) is 11.6 Å². The van der Waals surface area contributed by atoms with Crippen LogP contribution in [0.1, 0.15) is 79.3 Å². The van der Waals surface area contributed by atoms with Crippen molar-refractivity contribution in [1.29, 1.82) is 0 Å². The van der Waals surface area contributed by atoms with Gasteiger partial charge in [-0.1, -0.05) is 18.2 Å². The van der Waals surface area contributed by atoms with Crippen LogP contribution >= 0.6 is 0 Å². The smallest absolute Gasteiger partial charge is 0.252 e. The Morgan fingerprint density at radius 1 is 1.16 bits per heavy atom. The van der Waals surface area contributed by atoms with E-state index in [1.807, 2.05) is 23.7 Å². The van der Waals surface area contributed by atoms with E-state index in [-0.39, 0.29) is 23.2 Å². The van der Waals surface area contributed by atoms with Gasteiger partial charge in [-0.3, -0.25) is 4.79 Å². The molecule has 1 aliphatic heterocycles. The zero-order valence-corrected chi connectivity index (χ0v) is 19.7. The maximum Gasteiger partial charge on any atom is 0.252 e. The number of fused-ring (bicyclic) bond motifs is 2. The van der Waals surface area contributed by atoms with Gasteiger partial charge in [0.25, 0.3) is 5.91 Å². The van der Waals surface area contributed by atoms with E-state index in [4.69, 9.17) is 10.1 Å². The number of nitrogens with zero attached hydrogens (tertiary/aromatic N) is 3. The Labute approximate surface area is 188 Å². The molecule has 32 heavy (non-hydrogen) atoms. The molecule has 3 heterocycles. The Morgan fingerprint density at radius 2 is 1.88 bits per heavy atom. The number of carbonyl (C=O) groups is 1. The van der Waals surface area contributed by atoms with Gasteiger partial charge < -0.3 is 5.32 Å². The molecule has 1 aromatic carbocycles. The summed E-state index contributed by atoms with van der Waals surface area (Å²) in [4.78, 5) is 18.8. The minimum atomic E-state index is -3.31. The third-order valence-corrected chi connectivity index (χ3v) is 8.13. The SMILES string of the molecule is Cc1nn(C(C)(C)C)c2nc(C3CC3)cc(C(=O)NC3CCS(=O)(=O)c4ccccc43)c12. The highest BCUT2D eigenvalue weighted by atomic mass is 32.2. The number of carbonyl (C=O) groups excluding carboxylic acids is 1. The molecule has 1 amide bonds. The first-order valence-corrected chi connectivity index (χ1v) is 12.7. The number of amides is 1. The lowest BCUT2D eigenvalue weighted by Gasteiger charge is -2.26. The Bertz CT molecular complexity index is 1350. The highest BCUT2D eigenvalue weighted by Gasteiger charge is 2.33. The van der Waals surface area contributed by atoms with Crippen LogP contribution in [0, 0.1) is 6.92 Å². The molecule has 7 nitrogen and oxygen atoms in total. The van der Waals surface area contributed by atoms with Crippen LogP contribution in [0.3, 0.4) is 0 Å². The summed E-state index contributed by atoms with van der Waals surface area (Å²) in [7, 11) is -3.31. The average molecular weight is 453 g/mol. The number of aromatic nitrogens is 3. The van der Waals surface area contributed by atoms with Crippen molar-refractivity contribution in [3.05, 3.63) is 52.8 Å². The fraction of sp³-hybridized carbons (Fsp3) is 0.458. The summed E-state index contributed by atoms with van der Waals surface area (Å²) in [5, 5.41) is 8.60. The van der Waals surface area contributed by atoms with Gasteiger partial charge in [0.1, 0.15) is 0 Å². The summed E-state index contributed by atoms with van der Waals surface area (Å²) in [6.45, 7) is 8.12. The lowest BCUT2D eigenvalue weighted by atomic mass is 10.0. The minimum Gasteiger partial charge on any atom is -0.345 e. The summed E-state index contributed by atoms with van der Waals surface area (Å²) in [5.41, 5.74) is 3.38. The maximum atomic E-state index is 13.6. The highest BCUT2D eigenvalue weighted by Crippen LogP contribution is 2.41. The summed E-state index contributed by atoms with van der Waals surface area (Å²) in [6.07, 6.45) is 2.52. The van der Waals surface area contributed by atoms with E-state index in [1.54, 1.807) is 18.2 Å². The number of nitrogens with one attached hydrogen (secondary N) is 1. The first-order valence-electron chi connectivity index (χ1n) is 11.1. The van der Waals surface area contributed by atoms with Crippen molar-refractivity contribution < 1.29 is 13.2 Å². The Hall–Kier alpha value is -2.74. The molecule has 1 saturated carbocycles. The fourth-order valence-electron chi connectivity index (χ4n) is 4.52. The van der Waals surface area contributed by atoms with Gasteiger partial charge in [-0.15, -0.1) is 0 Å². The second-order valence-electron chi connectivity index (χ2n) is 9.91. The lowest BCUT2D eigenvalue weighted by Crippen LogP contribution is -2.34. The molecule has 1 aliphatic carbocycles. The van der Waals surface area contributed by atoms with Gasteiger partial charge in [-0.2, -0.15) is 5.10 Å². The zero-order chi connectivity index (χ0) is 22.8. The van der Waals surface area contributed by atoms with Crippen LogP contribution in [-0.2, 0) is 15.4 Å². The van der Waals surface area contributed by atoms with Crippen LogP contribution in [0.2, 0.25) is 0 Å². The molecule has 0 spiro atoms. The molecule has 168 valence electrons. The summed E-state index contributed by atoms with van der Waals surface area (Å²) in [6, 6.07) is 8.50. The van der Waals surface area contributed by atoms with E-state index >= 15 is 0 Å². The molecule has 3 aromatic rings. The number of benzene rings is 1. The van der Waals surface area contributed by atoms with Gasteiger partial charge in [0.2, 0.25) is 0 Å². The van der Waals surface area contributed by atoms with Crippen molar-refractivity contribution in [1.82, 2.24) is 20.1 Å². The monoisotopic (exact) mass is 452 g/mol. The fourth-order valence-corrected chi connectivity index (χ4v) is 6.14. The maximum absolute atomic E-state index is 13.6. The number of aryl methyl sites for hydroxylation is 1. The van der Waals surface area contributed by atoms with E-state index in [1.165, 1.54) is 0 Å². The van der Waals surface area contributed by atoms with E-state index < -0.39 is 9.84 Å². The molecule has 1 N–H and O–H groups in total. The number of rotatable bonds is 3. The first-order chi connectivity index (χ1) is 15.1. The van der Waals surface area contributed by atoms with Crippen LogP contribution in [0.25, 0.3) is 11.0 Å². The zero-order valence-electron chi connectivity index (χ0n) is 18.8. The Kier molecular flexibility index (Phi) is 4.71. The van der Waals surface area contributed by atoms with Crippen LogP contribution in [0.4, 0.5) is 0 Å². The van der Waals surface area contributed by atoms with E-state index in [0.29, 0.717) is 28.4 Å². The van der Waals surface area contributed by atoms with E-state index in [2.05, 4.69) is 26.1 Å². The molecule has 1 fully saturated rings. The predicted molar refractivity (Wildman–Crippen MR) is 123 cm³/mol. The molecule has 8 heteroatoms. The predicted octanol–water partition coefficient (Wildman–Crippen LogP) is 4.02. The molecule has 0 radical (unpaired) electrons. The van der Waals surface area contributed by atoms with Gasteiger partial charge in [-0.25, -0.2) is 18.1 Å². The van der Waals surface area contributed by atoms with Gasteiger partial charge in [-0.05, 0) is 64.7 Å². The second-order valence-corrected chi connectivity index (χ2v) is 12.0. The molecule has 0 bridgehead atoms. The number of hydrogen-bond donors (Lipinski definition) is 1. The molecule has 2 aliphatic rings. The Balaban J connectivity index is 1.59. The van der Waals surface area contributed by atoms with Crippen molar-refractivity contribution in [3.63, 3.8) is 0 Å². The second kappa shape index (κ2) is 7.13. The summed E-state index contributed by atoms with van der Waals surface area (Å²) in [5.74, 6) is 0.194. The minimum absolute atomic E-state index is 0.0228. The van der Waals surface area contributed by atoms with Crippen LogP contribution in [-0.4, -0.2) is 34.8 Å². The van der Waals surface area contributed by atoms with Crippen molar-refractivity contribution >= 4 is 26.8 Å². The molecule has 1 atom stereocenters. The number of sulfone groups is 1. The lowest BCUT2D eigenvalue weighted by molar-refractivity contribution is 0.0936. The molecule has 2 aromatic heterocycles. The van der Waals surface area contributed by atoms with Gasteiger partial charge in [0.15, 0.2) is 15.5 Å². The van der Waals surface area contributed by atoms with Crippen molar-refractivity contribution in [3.8, 4) is 0 Å². The van der Waals surface area contributed by atoms with Gasteiger partial charge >= 0.3 is 0 Å². The van der Waals surface area contributed by atoms with Crippen LogP contribution in [0.15, 0.2) is 35.2 Å². The van der Waals surface area contributed by atoms with Crippen LogP contribution < -0.4 is 5.32 Å². The molecular weight excluding hydrogens is 424 g/mol. The standard InChI is InChI=1S/C24H28N4O3S/c1-14-21-17(13-19(15-9-10-15)25-22(21)28(27-14)24(2,3)4)23(29)26-18-11-12-32(30,31)20-8-6-5-7-16(18)20/h5-8,13,15,18H,9-12H2,1-4H3,(H,26,29). The third kappa shape index (κ3) is 3.50. The normalized spacial score (nSPS) is 20.2. The average Bonchev–Trinajstić information content (AvgIpc) is 3.52. The molecular formula is C24H28N4O3S. The molecule has 0 saturated heterocycles. The van der Waals surface area contributed by atoms with E-state index in [9.17, 15) is 13.2 Å². The van der Waals surface area contributed by atoms with Gasteiger partial charge in [0.05, 0.1) is 38.9 Å². The Morgan fingerprint density at radius 3 is 2.56 bits per heavy atom. The number of pyridine rings is 1. The topological polar surface area (TPSA) is 93.9 Å².